The van der Waals surface area contributed by atoms with E-state index in [9.17, 15) is 13.2 Å². The Labute approximate surface area is 189 Å². The lowest BCUT2D eigenvalue weighted by atomic mass is 10.2. The van der Waals surface area contributed by atoms with Crippen LogP contribution in [0.1, 0.15) is 25.3 Å². The van der Waals surface area contributed by atoms with Crippen molar-refractivity contribution < 1.29 is 32.2 Å². The number of carbonyl (C=O) groups excluding carboxylic acids is 1. The zero-order chi connectivity index (χ0) is 22.8. The van der Waals surface area contributed by atoms with Crippen molar-refractivity contribution in [3.63, 3.8) is 0 Å². The summed E-state index contributed by atoms with van der Waals surface area (Å²) in [5, 5.41) is 0. The second kappa shape index (κ2) is 11.8. The maximum atomic E-state index is 12.8. The van der Waals surface area contributed by atoms with Crippen LogP contribution in [-0.4, -0.2) is 58.2 Å². The van der Waals surface area contributed by atoms with Crippen molar-refractivity contribution >= 4 is 16.0 Å². The van der Waals surface area contributed by atoms with Crippen LogP contribution in [-0.2, 0) is 30.9 Å². The van der Waals surface area contributed by atoms with Gasteiger partial charge in [-0.2, -0.15) is 4.31 Å². The van der Waals surface area contributed by atoms with Crippen molar-refractivity contribution in [2.75, 3.05) is 39.5 Å². The van der Waals surface area contributed by atoms with E-state index in [1.54, 1.807) is 24.3 Å². The van der Waals surface area contributed by atoms with Gasteiger partial charge in [0.15, 0.2) is 0 Å². The molecule has 0 atom stereocenters. The molecule has 1 aliphatic rings. The Morgan fingerprint density at radius 3 is 2.41 bits per heavy atom. The molecule has 0 unspecified atom stereocenters. The minimum atomic E-state index is -3.58. The Kier molecular flexibility index (Phi) is 8.90. The molecule has 8 nitrogen and oxygen atoms in total. The van der Waals surface area contributed by atoms with Crippen molar-refractivity contribution in [2.45, 2.75) is 31.3 Å². The highest BCUT2D eigenvalue weighted by molar-refractivity contribution is 7.89. The SMILES string of the molecule is CCOc1ccc(OCCCC(=O)OCc2cccc(S(=O)(=O)N3CCOCC3)c2)cc1. The van der Waals surface area contributed by atoms with E-state index in [-0.39, 0.29) is 23.9 Å². The molecule has 9 heteroatoms. The van der Waals surface area contributed by atoms with Gasteiger partial charge in [0.1, 0.15) is 18.1 Å². The highest BCUT2D eigenvalue weighted by Crippen LogP contribution is 2.19. The predicted molar refractivity (Wildman–Crippen MR) is 118 cm³/mol. The molecule has 0 saturated carbocycles. The fourth-order valence-corrected chi connectivity index (χ4v) is 4.65. The molecule has 0 N–H and O–H groups in total. The summed E-state index contributed by atoms with van der Waals surface area (Å²) in [5.74, 6) is 1.13. The summed E-state index contributed by atoms with van der Waals surface area (Å²) in [4.78, 5) is 12.2. The van der Waals surface area contributed by atoms with E-state index < -0.39 is 10.0 Å². The second-order valence-electron chi connectivity index (χ2n) is 7.18. The van der Waals surface area contributed by atoms with Gasteiger partial charge in [0.05, 0.1) is 31.3 Å². The fourth-order valence-electron chi connectivity index (χ4n) is 3.17. The van der Waals surface area contributed by atoms with Gasteiger partial charge in [-0.15, -0.1) is 0 Å². The lowest BCUT2D eigenvalue weighted by molar-refractivity contribution is -0.145. The molecule has 2 aromatic carbocycles. The Balaban J connectivity index is 1.41. The van der Waals surface area contributed by atoms with Crippen molar-refractivity contribution in [1.29, 1.82) is 0 Å². The van der Waals surface area contributed by atoms with E-state index in [4.69, 9.17) is 18.9 Å². The van der Waals surface area contributed by atoms with E-state index in [0.29, 0.717) is 57.3 Å². The number of ether oxygens (including phenoxy) is 4. The first-order valence-electron chi connectivity index (χ1n) is 10.7. The molecular formula is C23H29NO7S. The van der Waals surface area contributed by atoms with Crippen LogP contribution in [0, 0.1) is 0 Å². The van der Waals surface area contributed by atoms with Crippen molar-refractivity contribution in [2.24, 2.45) is 0 Å². The number of hydrogen-bond acceptors (Lipinski definition) is 7. The molecule has 0 amide bonds. The first-order chi connectivity index (χ1) is 15.5. The number of benzene rings is 2. The minimum absolute atomic E-state index is 0.0189. The summed E-state index contributed by atoms with van der Waals surface area (Å²) in [5.41, 5.74) is 0.623. The molecule has 1 heterocycles. The molecule has 0 aromatic heterocycles. The second-order valence-corrected chi connectivity index (χ2v) is 9.12. The number of rotatable bonds is 11. The molecule has 1 saturated heterocycles. The zero-order valence-corrected chi connectivity index (χ0v) is 19.0. The van der Waals surface area contributed by atoms with Gasteiger partial charge in [-0.05, 0) is 55.3 Å². The molecule has 0 aliphatic carbocycles. The van der Waals surface area contributed by atoms with Crippen LogP contribution in [0.25, 0.3) is 0 Å². The van der Waals surface area contributed by atoms with E-state index in [1.165, 1.54) is 4.31 Å². The van der Waals surface area contributed by atoms with Gasteiger partial charge in [0.2, 0.25) is 10.0 Å². The number of sulfonamides is 1. The maximum absolute atomic E-state index is 12.8. The smallest absolute Gasteiger partial charge is 0.306 e. The van der Waals surface area contributed by atoms with Crippen LogP contribution in [0.5, 0.6) is 11.5 Å². The summed E-state index contributed by atoms with van der Waals surface area (Å²) in [6, 6.07) is 13.8. The van der Waals surface area contributed by atoms with Gasteiger partial charge >= 0.3 is 5.97 Å². The molecule has 32 heavy (non-hydrogen) atoms. The molecule has 2 aromatic rings. The number of hydrogen-bond donors (Lipinski definition) is 0. The Morgan fingerprint density at radius 1 is 1.03 bits per heavy atom. The average Bonchev–Trinajstić information content (AvgIpc) is 2.82. The van der Waals surface area contributed by atoms with E-state index in [0.717, 1.165) is 5.75 Å². The van der Waals surface area contributed by atoms with Gasteiger partial charge in [0.25, 0.3) is 0 Å². The van der Waals surface area contributed by atoms with Crippen molar-refractivity contribution in [3.05, 3.63) is 54.1 Å². The van der Waals surface area contributed by atoms with Crippen LogP contribution >= 0.6 is 0 Å². The first-order valence-corrected chi connectivity index (χ1v) is 12.1. The predicted octanol–water partition coefficient (Wildman–Crippen LogP) is 3.01. The summed E-state index contributed by atoms with van der Waals surface area (Å²) >= 11 is 0. The van der Waals surface area contributed by atoms with E-state index >= 15 is 0 Å². The monoisotopic (exact) mass is 463 g/mol. The summed E-state index contributed by atoms with van der Waals surface area (Å²) in [6.07, 6.45) is 0.723. The van der Waals surface area contributed by atoms with Crippen molar-refractivity contribution in [1.82, 2.24) is 4.31 Å². The number of esters is 1. The topological polar surface area (TPSA) is 91.4 Å². The molecule has 174 valence electrons. The highest BCUT2D eigenvalue weighted by Gasteiger charge is 2.26. The Bertz CT molecular complexity index is 970. The van der Waals surface area contributed by atoms with E-state index in [2.05, 4.69) is 0 Å². The number of nitrogens with zero attached hydrogens (tertiary/aromatic N) is 1. The quantitative estimate of drug-likeness (QED) is 0.374. The average molecular weight is 464 g/mol. The fraction of sp³-hybridized carbons (Fsp3) is 0.435. The minimum Gasteiger partial charge on any atom is -0.494 e. The largest absolute Gasteiger partial charge is 0.494 e. The molecule has 1 fully saturated rings. The molecule has 1 aliphatic heterocycles. The third-order valence-electron chi connectivity index (χ3n) is 4.83. The lowest BCUT2D eigenvalue weighted by Crippen LogP contribution is -2.40. The highest BCUT2D eigenvalue weighted by atomic mass is 32.2. The maximum Gasteiger partial charge on any atom is 0.306 e. The molecule has 3 rings (SSSR count). The molecule has 0 radical (unpaired) electrons. The van der Waals surface area contributed by atoms with Crippen molar-refractivity contribution in [3.8, 4) is 11.5 Å². The molecule has 0 bridgehead atoms. The molecular weight excluding hydrogens is 434 g/mol. The van der Waals surface area contributed by atoms with E-state index in [1.807, 2.05) is 31.2 Å². The van der Waals surface area contributed by atoms with Crippen LogP contribution < -0.4 is 9.47 Å². The van der Waals surface area contributed by atoms with Gasteiger partial charge in [-0.1, -0.05) is 12.1 Å². The Hall–Kier alpha value is -2.62. The number of carbonyl (C=O) groups is 1. The van der Waals surface area contributed by atoms with Crippen LogP contribution in [0.4, 0.5) is 0 Å². The van der Waals surface area contributed by atoms with Gasteiger partial charge in [-0.25, -0.2) is 8.42 Å². The van der Waals surface area contributed by atoms with Gasteiger partial charge in [-0.3, -0.25) is 4.79 Å². The standard InChI is InChI=1S/C23H29NO7S/c1-2-29-20-8-10-21(11-9-20)30-14-4-7-23(25)31-18-19-5-3-6-22(17-19)32(26,27)24-12-15-28-16-13-24/h3,5-6,8-11,17H,2,4,7,12-16,18H2,1H3. The van der Waals surface area contributed by atoms with Crippen LogP contribution in [0.3, 0.4) is 0 Å². The molecule has 0 spiro atoms. The van der Waals surface area contributed by atoms with Crippen LogP contribution in [0.15, 0.2) is 53.4 Å². The summed E-state index contributed by atoms with van der Waals surface area (Å²) in [6.45, 7) is 4.38. The first kappa shape index (κ1) is 24.0. The lowest BCUT2D eigenvalue weighted by Gasteiger charge is -2.26. The third kappa shape index (κ3) is 6.94. The van der Waals surface area contributed by atoms with Gasteiger partial charge in [0, 0.05) is 19.5 Å². The van der Waals surface area contributed by atoms with Crippen LogP contribution in [0.2, 0.25) is 0 Å². The number of morpholine rings is 1. The zero-order valence-electron chi connectivity index (χ0n) is 18.2. The third-order valence-corrected chi connectivity index (χ3v) is 6.73. The van der Waals surface area contributed by atoms with Gasteiger partial charge < -0.3 is 18.9 Å². The summed E-state index contributed by atoms with van der Waals surface area (Å²) in [7, 11) is -3.58. The Morgan fingerprint density at radius 2 is 1.72 bits per heavy atom. The normalized spacial score (nSPS) is 14.7. The summed E-state index contributed by atoms with van der Waals surface area (Å²) < 4.78 is 48.5.